The van der Waals surface area contributed by atoms with Gasteiger partial charge in [-0.3, -0.25) is 4.98 Å². The molecule has 3 N–H and O–H groups in total. The van der Waals surface area contributed by atoms with E-state index in [-0.39, 0.29) is 23.6 Å². The number of hydrogen-bond acceptors (Lipinski definition) is 3. The molecule has 0 aliphatic heterocycles. The highest BCUT2D eigenvalue weighted by Crippen LogP contribution is 2.36. The van der Waals surface area contributed by atoms with Gasteiger partial charge in [0, 0.05) is 18.3 Å². The first-order valence-electron chi connectivity index (χ1n) is 5.47. The third kappa shape index (κ3) is 2.85. The third-order valence-electron chi connectivity index (χ3n) is 2.66. The monoisotopic (exact) mass is 268 g/mol. The molecule has 0 unspecified atom stereocenters. The fourth-order valence-corrected chi connectivity index (χ4v) is 1.67. The lowest BCUT2D eigenvalue weighted by molar-refractivity contribution is -0.137. The number of nitrogens with zero attached hydrogens (tertiary/aromatic N) is 1. The van der Waals surface area contributed by atoms with Crippen LogP contribution in [-0.4, -0.2) is 10.1 Å². The molecule has 0 aliphatic rings. The molecule has 0 radical (unpaired) electrons. The summed E-state index contributed by atoms with van der Waals surface area (Å²) in [7, 11) is 0. The maximum atomic E-state index is 12.6. The minimum absolute atomic E-state index is 0.0325. The van der Waals surface area contributed by atoms with Crippen LogP contribution in [0.3, 0.4) is 0 Å². The van der Waals surface area contributed by atoms with Gasteiger partial charge in [-0.2, -0.15) is 13.2 Å². The lowest BCUT2D eigenvalue weighted by atomic mass is 10.0. The number of aromatic nitrogens is 1. The molecule has 0 aliphatic carbocycles. The van der Waals surface area contributed by atoms with E-state index in [1.165, 1.54) is 6.20 Å². The molecule has 0 amide bonds. The van der Waals surface area contributed by atoms with Crippen LogP contribution in [0.5, 0.6) is 5.75 Å². The summed E-state index contributed by atoms with van der Waals surface area (Å²) < 4.78 is 37.9. The van der Waals surface area contributed by atoms with Gasteiger partial charge in [-0.25, -0.2) is 0 Å². The van der Waals surface area contributed by atoms with Crippen LogP contribution in [0.1, 0.15) is 11.1 Å². The fraction of sp³-hybridized carbons (Fsp3) is 0.154. The number of benzene rings is 1. The van der Waals surface area contributed by atoms with Crippen molar-refractivity contribution >= 4 is 0 Å². The van der Waals surface area contributed by atoms with Gasteiger partial charge in [-0.15, -0.1) is 0 Å². The zero-order valence-corrected chi connectivity index (χ0v) is 9.78. The van der Waals surface area contributed by atoms with E-state index in [0.29, 0.717) is 0 Å². The normalized spacial score (nSPS) is 11.6. The van der Waals surface area contributed by atoms with Gasteiger partial charge in [0.25, 0.3) is 0 Å². The SMILES string of the molecule is NCc1ccnc(-c2cc(C(F)(F)F)ccc2O)c1. The summed E-state index contributed by atoms with van der Waals surface area (Å²) in [5.41, 5.74) is 5.64. The number of rotatable bonds is 2. The summed E-state index contributed by atoms with van der Waals surface area (Å²) >= 11 is 0. The molecule has 1 aromatic heterocycles. The van der Waals surface area contributed by atoms with Crippen molar-refractivity contribution in [1.82, 2.24) is 4.98 Å². The van der Waals surface area contributed by atoms with Crippen molar-refractivity contribution in [3.05, 3.63) is 47.7 Å². The van der Waals surface area contributed by atoms with Crippen LogP contribution in [0.15, 0.2) is 36.5 Å². The number of phenolic OH excluding ortho intramolecular Hbond substituents is 1. The molecule has 2 rings (SSSR count). The van der Waals surface area contributed by atoms with Gasteiger partial charge in [0.05, 0.1) is 11.3 Å². The summed E-state index contributed by atoms with van der Waals surface area (Å²) in [6.07, 6.45) is -3.02. The summed E-state index contributed by atoms with van der Waals surface area (Å²) in [6, 6.07) is 5.92. The van der Waals surface area contributed by atoms with Gasteiger partial charge in [-0.1, -0.05) is 0 Å². The lowest BCUT2D eigenvalue weighted by Crippen LogP contribution is -2.05. The second-order valence-corrected chi connectivity index (χ2v) is 3.98. The van der Waals surface area contributed by atoms with Crippen molar-refractivity contribution < 1.29 is 18.3 Å². The van der Waals surface area contributed by atoms with Crippen LogP contribution in [0.4, 0.5) is 13.2 Å². The molecule has 0 fully saturated rings. The van der Waals surface area contributed by atoms with E-state index in [9.17, 15) is 18.3 Å². The molecule has 0 saturated heterocycles. The average molecular weight is 268 g/mol. The highest BCUT2D eigenvalue weighted by molar-refractivity contribution is 5.68. The number of phenols is 1. The predicted octanol–water partition coefficient (Wildman–Crippen LogP) is 2.93. The average Bonchev–Trinajstić information content (AvgIpc) is 2.38. The Labute approximate surface area is 107 Å². The van der Waals surface area contributed by atoms with E-state index in [2.05, 4.69) is 4.98 Å². The van der Waals surface area contributed by atoms with Crippen LogP contribution in [0, 0.1) is 0 Å². The molecule has 0 saturated carbocycles. The Hall–Kier alpha value is -2.08. The highest BCUT2D eigenvalue weighted by atomic mass is 19.4. The summed E-state index contributed by atoms with van der Waals surface area (Å²) in [5, 5.41) is 9.68. The summed E-state index contributed by atoms with van der Waals surface area (Å²) in [6.45, 7) is 0.245. The van der Waals surface area contributed by atoms with Gasteiger partial charge >= 0.3 is 6.18 Å². The molecular formula is C13H11F3N2O. The largest absolute Gasteiger partial charge is 0.507 e. The maximum Gasteiger partial charge on any atom is 0.416 e. The molecule has 1 heterocycles. The summed E-state index contributed by atoms with van der Waals surface area (Å²) in [4.78, 5) is 3.96. The molecule has 3 nitrogen and oxygen atoms in total. The number of hydrogen-bond donors (Lipinski definition) is 2. The Morgan fingerprint density at radius 3 is 2.53 bits per heavy atom. The van der Waals surface area contributed by atoms with Crippen molar-refractivity contribution in [3.8, 4) is 17.0 Å². The van der Waals surface area contributed by atoms with Crippen LogP contribution >= 0.6 is 0 Å². The van der Waals surface area contributed by atoms with Crippen molar-refractivity contribution in [1.29, 1.82) is 0 Å². The first-order chi connectivity index (χ1) is 8.91. The smallest absolute Gasteiger partial charge is 0.416 e. The maximum absolute atomic E-state index is 12.6. The number of nitrogens with two attached hydrogens (primary N) is 1. The molecule has 0 atom stereocenters. The van der Waals surface area contributed by atoms with E-state index in [1.54, 1.807) is 12.1 Å². The summed E-state index contributed by atoms with van der Waals surface area (Å²) in [5.74, 6) is -0.255. The molecule has 100 valence electrons. The minimum Gasteiger partial charge on any atom is -0.507 e. The van der Waals surface area contributed by atoms with Gasteiger partial charge in [0.1, 0.15) is 5.75 Å². The van der Waals surface area contributed by atoms with Crippen LogP contribution in [0.25, 0.3) is 11.3 Å². The Bertz CT molecular complexity index is 597. The van der Waals surface area contributed by atoms with Crippen LogP contribution in [-0.2, 0) is 12.7 Å². The number of halogens is 3. The van der Waals surface area contributed by atoms with Crippen molar-refractivity contribution in [2.24, 2.45) is 5.73 Å². The first kappa shape index (κ1) is 13.4. The zero-order valence-electron chi connectivity index (χ0n) is 9.78. The molecule has 2 aromatic rings. The Morgan fingerprint density at radius 2 is 1.89 bits per heavy atom. The molecule has 1 aromatic carbocycles. The molecule has 0 bridgehead atoms. The number of pyridine rings is 1. The first-order valence-corrected chi connectivity index (χ1v) is 5.47. The Balaban J connectivity index is 2.54. The second-order valence-electron chi connectivity index (χ2n) is 3.98. The van der Waals surface area contributed by atoms with E-state index in [1.807, 2.05) is 0 Å². The van der Waals surface area contributed by atoms with Gasteiger partial charge in [0.15, 0.2) is 0 Å². The van der Waals surface area contributed by atoms with Crippen LogP contribution < -0.4 is 5.73 Å². The van der Waals surface area contributed by atoms with Crippen molar-refractivity contribution in [2.75, 3.05) is 0 Å². The number of alkyl halides is 3. The topological polar surface area (TPSA) is 59.1 Å². The molecule has 19 heavy (non-hydrogen) atoms. The molecule has 6 heteroatoms. The predicted molar refractivity (Wildman–Crippen MR) is 64.2 cm³/mol. The Kier molecular flexibility index (Phi) is 3.44. The van der Waals surface area contributed by atoms with E-state index < -0.39 is 11.7 Å². The molecular weight excluding hydrogens is 257 g/mol. The van der Waals surface area contributed by atoms with E-state index in [0.717, 1.165) is 23.8 Å². The van der Waals surface area contributed by atoms with Gasteiger partial charge < -0.3 is 10.8 Å². The fourth-order valence-electron chi connectivity index (χ4n) is 1.67. The zero-order chi connectivity index (χ0) is 14.0. The molecule has 0 spiro atoms. The van der Waals surface area contributed by atoms with Crippen molar-refractivity contribution in [2.45, 2.75) is 12.7 Å². The highest BCUT2D eigenvalue weighted by Gasteiger charge is 2.31. The minimum atomic E-state index is -4.46. The van der Waals surface area contributed by atoms with E-state index in [4.69, 9.17) is 5.73 Å². The van der Waals surface area contributed by atoms with Gasteiger partial charge in [0.2, 0.25) is 0 Å². The third-order valence-corrected chi connectivity index (χ3v) is 2.66. The lowest BCUT2D eigenvalue weighted by Gasteiger charge is -2.10. The van der Waals surface area contributed by atoms with E-state index >= 15 is 0 Å². The number of aromatic hydroxyl groups is 1. The Morgan fingerprint density at radius 1 is 1.16 bits per heavy atom. The van der Waals surface area contributed by atoms with Gasteiger partial charge in [-0.05, 0) is 35.9 Å². The standard InChI is InChI=1S/C13H11F3N2O/c14-13(15,16)9-1-2-12(19)10(6-9)11-5-8(7-17)3-4-18-11/h1-6,19H,7,17H2. The quantitative estimate of drug-likeness (QED) is 0.880. The van der Waals surface area contributed by atoms with Crippen LogP contribution in [0.2, 0.25) is 0 Å². The van der Waals surface area contributed by atoms with Crippen molar-refractivity contribution in [3.63, 3.8) is 0 Å². The second kappa shape index (κ2) is 4.89.